The molecule has 116 valence electrons. The first-order valence-electron chi connectivity index (χ1n) is 6.74. The van der Waals surface area contributed by atoms with Gasteiger partial charge in [-0.15, -0.1) is 5.10 Å². The highest BCUT2D eigenvalue weighted by atomic mass is 35.5. The molecule has 2 N–H and O–H groups in total. The van der Waals surface area contributed by atoms with Crippen LogP contribution in [-0.4, -0.2) is 20.7 Å². The third kappa shape index (κ3) is 2.81. The second-order valence-corrected chi connectivity index (χ2v) is 5.75. The van der Waals surface area contributed by atoms with Crippen LogP contribution in [0.25, 0.3) is 11.1 Å². The largest absolute Gasteiger partial charge is 0.382 e. The van der Waals surface area contributed by atoms with Crippen LogP contribution in [0.1, 0.15) is 16.1 Å². The highest BCUT2D eigenvalue weighted by Crippen LogP contribution is 2.33. The van der Waals surface area contributed by atoms with E-state index in [4.69, 9.17) is 28.9 Å². The van der Waals surface area contributed by atoms with E-state index in [-0.39, 0.29) is 11.7 Å². The third-order valence-electron chi connectivity index (χ3n) is 3.45. The van der Waals surface area contributed by atoms with Gasteiger partial charge in [-0.25, -0.2) is 0 Å². The predicted molar refractivity (Wildman–Crippen MR) is 90.8 cm³/mol. The van der Waals surface area contributed by atoms with Gasteiger partial charge in [0.25, 0.3) is 5.91 Å². The zero-order chi connectivity index (χ0) is 16.6. The fourth-order valence-corrected chi connectivity index (χ4v) is 2.64. The molecule has 0 radical (unpaired) electrons. The minimum Gasteiger partial charge on any atom is -0.382 e. The Labute approximate surface area is 142 Å². The van der Waals surface area contributed by atoms with E-state index in [2.05, 4.69) is 10.1 Å². The van der Waals surface area contributed by atoms with E-state index in [1.54, 1.807) is 43.5 Å². The van der Waals surface area contributed by atoms with Crippen molar-refractivity contribution in [1.29, 1.82) is 0 Å². The Morgan fingerprint density at radius 3 is 2.65 bits per heavy atom. The fourth-order valence-electron chi connectivity index (χ4n) is 2.34. The first-order valence-corrected chi connectivity index (χ1v) is 7.50. The summed E-state index contributed by atoms with van der Waals surface area (Å²) in [5.74, 6) is -0.0493. The number of anilines is 1. The molecule has 0 aliphatic heterocycles. The van der Waals surface area contributed by atoms with Crippen molar-refractivity contribution in [3.63, 3.8) is 0 Å². The van der Waals surface area contributed by atoms with E-state index in [0.717, 1.165) is 5.56 Å². The third-order valence-corrected chi connectivity index (χ3v) is 4.19. The summed E-state index contributed by atoms with van der Waals surface area (Å²) in [6, 6.07) is 8.52. The quantitative estimate of drug-likeness (QED) is 0.765. The van der Waals surface area contributed by atoms with Gasteiger partial charge in [-0.05, 0) is 36.8 Å². The lowest BCUT2D eigenvalue weighted by Gasteiger charge is -2.05. The van der Waals surface area contributed by atoms with Gasteiger partial charge in [-0.2, -0.15) is 4.68 Å². The molecule has 1 aromatic carbocycles. The smallest absolute Gasteiger partial charge is 0.280 e. The summed E-state index contributed by atoms with van der Waals surface area (Å²) in [6.45, 7) is 1.77. The van der Waals surface area contributed by atoms with Crippen molar-refractivity contribution in [3.05, 3.63) is 64.0 Å². The number of nitrogen functional groups attached to an aromatic ring is 1. The molecule has 0 unspecified atom stereocenters. The maximum Gasteiger partial charge on any atom is 0.280 e. The van der Waals surface area contributed by atoms with Crippen LogP contribution in [0.3, 0.4) is 0 Å². The number of nitrogens with zero attached hydrogens (tertiary/aromatic N) is 3. The van der Waals surface area contributed by atoms with Gasteiger partial charge in [-0.3, -0.25) is 9.78 Å². The Morgan fingerprint density at radius 1 is 1.22 bits per heavy atom. The number of aromatic nitrogens is 3. The van der Waals surface area contributed by atoms with E-state index in [9.17, 15) is 4.79 Å². The van der Waals surface area contributed by atoms with Gasteiger partial charge in [0.05, 0.1) is 21.3 Å². The maximum absolute atomic E-state index is 12.5. The summed E-state index contributed by atoms with van der Waals surface area (Å²) < 4.78 is 1.27. The molecule has 0 aliphatic rings. The Morgan fingerprint density at radius 2 is 2.00 bits per heavy atom. The molecule has 7 heteroatoms. The van der Waals surface area contributed by atoms with Crippen LogP contribution >= 0.6 is 23.2 Å². The fraction of sp³-hybridized carbons (Fsp3) is 0.0625. The van der Waals surface area contributed by atoms with Crippen LogP contribution in [0.4, 0.5) is 5.82 Å². The number of hydrogen-bond donors (Lipinski definition) is 1. The molecule has 5 nitrogen and oxygen atoms in total. The van der Waals surface area contributed by atoms with Crippen LogP contribution in [0, 0.1) is 6.92 Å². The van der Waals surface area contributed by atoms with E-state index < -0.39 is 0 Å². The zero-order valence-electron chi connectivity index (χ0n) is 12.1. The van der Waals surface area contributed by atoms with E-state index in [1.807, 2.05) is 0 Å². The van der Waals surface area contributed by atoms with Crippen molar-refractivity contribution >= 4 is 34.9 Å². The molecule has 23 heavy (non-hydrogen) atoms. The van der Waals surface area contributed by atoms with Crippen molar-refractivity contribution in [1.82, 2.24) is 14.8 Å². The number of benzene rings is 1. The number of halogens is 2. The topological polar surface area (TPSA) is 73.8 Å². The molecule has 0 saturated heterocycles. The van der Waals surface area contributed by atoms with Gasteiger partial charge in [0.1, 0.15) is 0 Å². The van der Waals surface area contributed by atoms with Crippen LogP contribution in [-0.2, 0) is 0 Å². The average molecular weight is 347 g/mol. The van der Waals surface area contributed by atoms with E-state index in [0.29, 0.717) is 26.9 Å². The number of hydrogen-bond acceptors (Lipinski definition) is 4. The van der Waals surface area contributed by atoms with Crippen molar-refractivity contribution in [2.45, 2.75) is 6.92 Å². The predicted octanol–water partition coefficient (Wildman–Crippen LogP) is 3.83. The first kappa shape index (κ1) is 15.5. The molecule has 2 aromatic heterocycles. The summed E-state index contributed by atoms with van der Waals surface area (Å²) in [5.41, 5.74) is 8.46. The molecule has 3 aromatic rings. The molecule has 2 heterocycles. The summed E-state index contributed by atoms with van der Waals surface area (Å²) in [4.78, 5) is 16.5. The Balaban J connectivity index is 2.10. The van der Waals surface area contributed by atoms with Gasteiger partial charge in [0.15, 0.2) is 5.82 Å². The summed E-state index contributed by atoms with van der Waals surface area (Å²) in [7, 11) is 0. The lowest BCUT2D eigenvalue weighted by molar-refractivity contribution is 0.0943. The van der Waals surface area contributed by atoms with Crippen molar-refractivity contribution in [2.24, 2.45) is 0 Å². The lowest BCUT2D eigenvalue weighted by atomic mass is 10.1. The van der Waals surface area contributed by atoms with Crippen LogP contribution < -0.4 is 5.73 Å². The molecule has 3 rings (SSSR count). The highest BCUT2D eigenvalue weighted by molar-refractivity contribution is 6.42. The molecular formula is C16H12Cl2N4O. The standard InChI is InChI=1S/C16H12Cl2N4O/c1-9-14(10-4-5-12(17)13(18)7-10)15(19)21-22(9)16(23)11-3-2-6-20-8-11/h2-8H,1H3,(H2,19,21). The van der Waals surface area contributed by atoms with Crippen LogP contribution in [0.2, 0.25) is 10.0 Å². The van der Waals surface area contributed by atoms with Gasteiger partial charge >= 0.3 is 0 Å². The van der Waals surface area contributed by atoms with Gasteiger partial charge in [-0.1, -0.05) is 29.3 Å². The van der Waals surface area contributed by atoms with Gasteiger partial charge < -0.3 is 5.73 Å². The first-order chi connectivity index (χ1) is 11.0. The summed E-state index contributed by atoms with van der Waals surface area (Å²) >= 11 is 12.0. The monoisotopic (exact) mass is 346 g/mol. The number of carbonyl (C=O) groups is 1. The van der Waals surface area contributed by atoms with Crippen molar-refractivity contribution in [3.8, 4) is 11.1 Å². The summed E-state index contributed by atoms with van der Waals surface area (Å²) in [6.07, 6.45) is 3.08. The average Bonchev–Trinajstić information content (AvgIpc) is 2.85. The van der Waals surface area contributed by atoms with E-state index in [1.165, 1.54) is 10.9 Å². The number of pyridine rings is 1. The second kappa shape index (κ2) is 6.02. The maximum atomic E-state index is 12.5. The normalized spacial score (nSPS) is 10.7. The number of rotatable bonds is 2. The molecule has 0 aliphatic carbocycles. The number of nitrogens with two attached hydrogens (primary N) is 1. The Kier molecular flexibility index (Phi) is 4.07. The van der Waals surface area contributed by atoms with Gasteiger partial charge in [0.2, 0.25) is 0 Å². The Bertz CT molecular complexity index is 891. The van der Waals surface area contributed by atoms with Crippen LogP contribution in [0.15, 0.2) is 42.7 Å². The molecule has 0 atom stereocenters. The molecular weight excluding hydrogens is 335 g/mol. The van der Waals surface area contributed by atoms with Crippen LogP contribution in [0.5, 0.6) is 0 Å². The number of carbonyl (C=O) groups excluding carboxylic acids is 1. The van der Waals surface area contributed by atoms with E-state index >= 15 is 0 Å². The van der Waals surface area contributed by atoms with Gasteiger partial charge in [0, 0.05) is 18.0 Å². The SMILES string of the molecule is Cc1c(-c2ccc(Cl)c(Cl)c2)c(N)nn1C(=O)c1cccnc1. The molecule has 0 fully saturated rings. The minimum absolute atomic E-state index is 0.248. The second-order valence-electron chi connectivity index (χ2n) is 4.93. The van der Waals surface area contributed by atoms with Crippen molar-refractivity contribution in [2.75, 3.05) is 5.73 Å². The minimum atomic E-state index is -0.298. The van der Waals surface area contributed by atoms with Crippen molar-refractivity contribution < 1.29 is 4.79 Å². The molecule has 0 saturated carbocycles. The molecule has 0 bridgehead atoms. The lowest BCUT2D eigenvalue weighted by Crippen LogP contribution is -2.15. The highest BCUT2D eigenvalue weighted by Gasteiger charge is 2.20. The zero-order valence-corrected chi connectivity index (χ0v) is 13.6. The molecule has 0 amide bonds. The Hall–Kier alpha value is -2.37. The summed E-state index contributed by atoms with van der Waals surface area (Å²) in [5, 5.41) is 5.02. The molecule has 0 spiro atoms.